The van der Waals surface area contributed by atoms with Crippen LogP contribution < -0.4 is 5.32 Å². The van der Waals surface area contributed by atoms with E-state index >= 15 is 0 Å². The maximum Gasteiger partial charge on any atom is 0.146 e. The number of ketones is 1. The Morgan fingerprint density at radius 2 is 2.08 bits per heavy atom. The largest absolute Gasteiger partial charge is 0.304 e. The minimum Gasteiger partial charge on any atom is -0.304 e. The van der Waals surface area contributed by atoms with Gasteiger partial charge < -0.3 is 5.32 Å². The Hall–Kier alpha value is -0.370. The summed E-state index contributed by atoms with van der Waals surface area (Å²) in [6, 6.07) is 0.839. The van der Waals surface area contributed by atoms with Crippen molar-refractivity contribution >= 4 is 5.78 Å². The molecule has 0 aromatic rings. The van der Waals surface area contributed by atoms with Crippen LogP contribution in [-0.2, 0) is 4.79 Å². The predicted molar refractivity (Wildman–Crippen MR) is 48.0 cm³/mol. The summed E-state index contributed by atoms with van der Waals surface area (Å²) in [5, 5.41) is 3.44. The van der Waals surface area contributed by atoms with Crippen molar-refractivity contribution in [3.05, 3.63) is 0 Å². The molecule has 2 fully saturated rings. The second-order valence-corrected chi connectivity index (χ2v) is 4.22. The van der Waals surface area contributed by atoms with Gasteiger partial charge in [0.15, 0.2) is 0 Å². The highest BCUT2D eigenvalue weighted by molar-refractivity contribution is 5.81. The summed E-state index contributed by atoms with van der Waals surface area (Å²) < 4.78 is 0. The quantitative estimate of drug-likeness (QED) is 0.641. The third kappa shape index (κ3) is 1.40. The number of carbonyl (C=O) groups is 1. The van der Waals surface area contributed by atoms with Crippen LogP contribution >= 0.6 is 0 Å². The molecule has 0 unspecified atom stereocenters. The number of Topliss-reactive ketones (excluding diaryl/α,β-unsaturated/α-hetero) is 1. The molecule has 1 aliphatic heterocycles. The second kappa shape index (κ2) is 3.17. The van der Waals surface area contributed by atoms with Crippen molar-refractivity contribution < 1.29 is 4.79 Å². The minimum atomic E-state index is 0.179. The van der Waals surface area contributed by atoms with Crippen molar-refractivity contribution in [3.63, 3.8) is 0 Å². The molecule has 0 aromatic carbocycles. The third-order valence-corrected chi connectivity index (χ3v) is 3.35. The maximum absolute atomic E-state index is 11.1. The summed E-state index contributed by atoms with van der Waals surface area (Å²) in [5.74, 6) is 1.12. The van der Waals surface area contributed by atoms with Gasteiger partial charge in [-0.05, 0) is 32.1 Å². The molecule has 3 atom stereocenters. The first-order valence-corrected chi connectivity index (χ1v) is 5.04. The van der Waals surface area contributed by atoms with E-state index in [1.807, 2.05) is 0 Å². The van der Waals surface area contributed by atoms with Gasteiger partial charge in [0.05, 0.1) is 6.04 Å². The normalized spacial score (nSPS) is 40.9. The van der Waals surface area contributed by atoms with Crippen LogP contribution in [-0.4, -0.2) is 17.9 Å². The van der Waals surface area contributed by atoms with E-state index in [1.165, 1.54) is 25.7 Å². The third-order valence-electron chi connectivity index (χ3n) is 3.35. The summed E-state index contributed by atoms with van der Waals surface area (Å²) in [6.45, 7) is 1.70. The number of fused-ring (bicyclic) bond motifs is 1. The van der Waals surface area contributed by atoms with Crippen LogP contribution in [0, 0.1) is 5.92 Å². The van der Waals surface area contributed by atoms with Gasteiger partial charge in [0.25, 0.3) is 0 Å². The molecule has 1 heterocycles. The Morgan fingerprint density at radius 1 is 1.33 bits per heavy atom. The first-order chi connectivity index (χ1) is 5.77. The van der Waals surface area contributed by atoms with Crippen molar-refractivity contribution in [2.24, 2.45) is 5.92 Å². The van der Waals surface area contributed by atoms with Crippen molar-refractivity contribution in [3.8, 4) is 0 Å². The van der Waals surface area contributed by atoms with E-state index in [2.05, 4.69) is 5.32 Å². The van der Waals surface area contributed by atoms with Crippen LogP contribution in [0.2, 0.25) is 0 Å². The Morgan fingerprint density at radius 3 is 2.75 bits per heavy atom. The Labute approximate surface area is 73.7 Å². The summed E-state index contributed by atoms with van der Waals surface area (Å²) >= 11 is 0. The van der Waals surface area contributed by atoms with E-state index in [9.17, 15) is 4.79 Å². The molecular formula is C10H17NO. The lowest BCUT2D eigenvalue weighted by Crippen LogP contribution is -2.36. The molecule has 2 heteroatoms. The lowest BCUT2D eigenvalue weighted by atomic mass is 9.85. The molecular weight excluding hydrogens is 150 g/mol. The van der Waals surface area contributed by atoms with Gasteiger partial charge >= 0.3 is 0 Å². The van der Waals surface area contributed by atoms with Crippen LogP contribution in [0.15, 0.2) is 0 Å². The standard InChI is InChI=1S/C10H17NO/c1-7(12)10-6-8-4-2-3-5-9(8)11-10/h8-11H,2-6H2,1H3/t8-,9-,10-/m0/s1. The van der Waals surface area contributed by atoms with Crippen molar-refractivity contribution in [1.82, 2.24) is 5.32 Å². The summed E-state index contributed by atoms with van der Waals surface area (Å²) in [6.07, 6.45) is 6.43. The molecule has 1 saturated carbocycles. The highest BCUT2D eigenvalue weighted by Gasteiger charge is 2.36. The lowest BCUT2D eigenvalue weighted by Gasteiger charge is -2.24. The SMILES string of the molecule is CC(=O)[C@@H]1C[C@@H]2CCCC[C@@H]2N1. The van der Waals surface area contributed by atoms with E-state index in [4.69, 9.17) is 0 Å². The average Bonchev–Trinajstić information content (AvgIpc) is 2.46. The Kier molecular flexibility index (Phi) is 2.18. The molecule has 2 aliphatic rings. The molecule has 12 heavy (non-hydrogen) atoms. The second-order valence-electron chi connectivity index (χ2n) is 4.22. The van der Waals surface area contributed by atoms with Gasteiger partial charge in [-0.1, -0.05) is 12.8 Å². The van der Waals surface area contributed by atoms with Crippen molar-refractivity contribution in [1.29, 1.82) is 0 Å². The molecule has 1 N–H and O–H groups in total. The summed E-state index contributed by atoms with van der Waals surface area (Å²) in [7, 11) is 0. The van der Waals surface area contributed by atoms with Crippen LogP contribution in [0.1, 0.15) is 39.0 Å². The van der Waals surface area contributed by atoms with Gasteiger partial charge in [-0.3, -0.25) is 4.79 Å². The topological polar surface area (TPSA) is 29.1 Å². The van der Waals surface area contributed by atoms with Gasteiger partial charge in [0, 0.05) is 6.04 Å². The van der Waals surface area contributed by atoms with E-state index in [0.717, 1.165) is 12.3 Å². The Balaban J connectivity index is 1.98. The fourth-order valence-electron chi connectivity index (χ4n) is 2.62. The first-order valence-electron chi connectivity index (χ1n) is 5.04. The molecule has 0 bridgehead atoms. The molecule has 68 valence electrons. The van der Waals surface area contributed by atoms with E-state index < -0.39 is 0 Å². The van der Waals surface area contributed by atoms with E-state index in [1.54, 1.807) is 6.92 Å². The number of hydrogen-bond acceptors (Lipinski definition) is 2. The number of hydrogen-bond donors (Lipinski definition) is 1. The van der Waals surface area contributed by atoms with Crippen LogP contribution in [0.5, 0.6) is 0 Å². The molecule has 1 aliphatic carbocycles. The number of rotatable bonds is 1. The first kappa shape index (κ1) is 8.24. The van der Waals surface area contributed by atoms with Gasteiger partial charge in [0.2, 0.25) is 0 Å². The Bertz CT molecular complexity index is 176. The fraction of sp³-hybridized carbons (Fsp3) is 0.900. The van der Waals surface area contributed by atoms with Crippen LogP contribution in [0.4, 0.5) is 0 Å². The average molecular weight is 167 g/mol. The van der Waals surface area contributed by atoms with Gasteiger partial charge in [-0.15, -0.1) is 0 Å². The highest BCUT2D eigenvalue weighted by atomic mass is 16.1. The zero-order valence-electron chi connectivity index (χ0n) is 7.68. The smallest absolute Gasteiger partial charge is 0.146 e. The molecule has 2 nitrogen and oxygen atoms in total. The minimum absolute atomic E-state index is 0.179. The van der Waals surface area contributed by atoms with Gasteiger partial charge in [0.1, 0.15) is 5.78 Å². The highest BCUT2D eigenvalue weighted by Crippen LogP contribution is 2.33. The van der Waals surface area contributed by atoms with Crippen molar-refractivity contribution in [2.45, 2.75) is 51.1 Å². The molecule has 0 amide bonds. The van der Waals surface area contributed by atoms with Gasteiger partial charge in [-0.2, -0.15) is 0 Å². The fourth-order valence-corrected chi connectivity index (χ4v) is 2.62. The van der Waals surface area contributed by atoms with E-state index in [0.29, 0.717) is 11.8 Å². The van der Waals surface area contributed by atoms with E-state index in [-0.39, 0.29) is 6.04 Å². The zero-order chi connectivity index (χ0) is 8.55. The molecule has 0 spiro atoms. The van der Waals surface area contributed by atoms with Gasteiger partial charge in [-0.25, -0.2) is 0 Å². The van der Waals surface area contributed by atoms with Crippen molar-refractivity contribution in [2.75, 3.05) is 0 Å². The monoisotopic (exact) mass is 167 g/mol. The van der Waals surface area contributed by atoms with Crippen LogP contribution in [0.25, 0.3) is 0 Å². The number of carbonyl (C=O) groups excluding carboxylic acids is 1. The summed E-state index contributed by atoms with van der Waals surface area (Å²) in [5.41, 5.74) is 0. The molecule has 0 aromatic heterocycles. The molecule has 2 rings (SSSR count). The molecule has 1 saturated heterocycles. The molecule has 0 radical (unpaired) electrons. The maximum atomic E-state index is 11.1. The summed E-state index contributed by atoms with van der Waals surface area (Å²) in [4.78, 5) is 11.1. The number of nitrogens with one attached hydrogen (secondary N) is 1. The zero-order valence-corrected chi connectivity index (χ0v) is 7.68. The predicted octanol–water partition coefficient (Wildman–Crippen LogP) is 1.50. The lowest BCUT2D eigenvalue weighted by molar-refractivity contribution is -0.118. The van der Waals surface area contributed by atoms with Crippen LogP contribution in [0.3, 0.4) is 0 Å².